The summed E-state index contributed by atoms with van der Waals surface area (Å²) in [6.45, 7) is 0.612. The highest BCUT2D eigenvalue weighted by atomic mass is 35.5. The molecule has 4 rings (SSSR count). The Kier molecular flexibility index (Phi) is 4.10. The van der Waals surface area contributed by atoms with E-state index in [1.807, 2.05) is 30.3 Å². The minimum absolute atomic E-state index is 0.231. The number of amides is 1. The monoisotopic (exact) mass is 375 g/mol. The second-order valence-corrected chi connectivity index (χ2v) is 7.23. The molecule has 1 aliphatic rings. The van der Waals surface area contributed by atoms with E-state index >= 15 is 0 Å². The Morgan fingerprint density at radius 3 is 2.92 bits per heavy atom. The van der Waals surface area contributed by atoms with Crippen LogP contribution in [0.4, 0.5) is 0 Å². The summed E-state index contributed by atoms with van der Waals surface area (Å²) in [5.41, 5.74) is 2.15. The van der Waals surface area contributed by atoms with Crippen LogP contribution in [-0.4, -0.2) is 22.5 Å². The molecule has 0 saturated carbocycles. The third-order valence-corrected chi connectivity index (χ3v) is 5.08. The van der Waals surface area contributed by atoms with Gasteiger partial charge in [0, 0.05) is 13.6 Å². The van der Waals surface area contributed by atoms with Crippen LogP contribution in [0.3, 0.4) is 0 Å². The van der Waals surface area contributed by atoms with Gasteiger partial charge in [0.1, 0.15) is 0 Å². The molecule has 3 aromatic rings. The Labute approximate surface area is 152 Å². The molecule has 6 nitrogen and oxygen atoms in total. The van der Waals surface area contributed by atoms with E-state index in [2.05, 4.69) is 10.4 Å². The molecule has 0 saturated heterocycles. The van der Waals surface area contributed by atoms with Gasteiger partial charge in [-0.3, -0.25) is 9.48 Å². The van der Waals surface area contributed by atoms with E-state index < -0.39 is 0 Å². The van der Waals surface area contributed by atoms with Gasteiger partial charge in [0.2, 0.25) is 6.79 Å². The summed E-state index contributed by atoms with van der Waals surface area (Å²) in [5.74, 6) is 1.18. The first kappa shape index (κ1) is 16.0. The lowest BCUT2D eigenvalue weighted by Crippen LogP contribution is -2.23. The summed E-state index contributed by atoms with van der Waals surface area (Å²) >= 11 is 7.43. The lowest BCUT2D eigenvalue weighted by molar-refractivity contribution is 0.0945. The van der Waals surface area contributed by atoms with Gasteiger partial charge in [0.15, 0.2) is 17.2 Å². The molecule has 0 radical (unpaired) electrons. The highest BCUT2D eigenvalue weighted by Gasteiger charge is 2.16. The molecule has 0 unspecified atom stereocenters. The SMILES string of the molecule is Cn1nc(C(=O)NCc2ccc3c(c2)OCO3)cc1-c1ccc(Cl)s1. The van der Waals surface area contributed by atoms with Crippen molar-refractivity contribution in [2.45, 2.75) is 6.54 Å². The van der Waals surface area contributed by atoms with Crippen LogP contribution < -0.4 is 14.8 Å². The molecule has 0 spiro atoms. The molecule has 25 heavy (non-hydrogen) atoms. The van der Waals surface area contributed by atoms with Gasteiger partial charge in [-0.25, -0.2) is 0 Å². The second-order valence-electron chi connectivity index (χ2n) is 5.51. The van der Waals surface area contributed by atoms with Crippen molar-refractivity contribution in [2.75, 3.05) is 6.79 Å². The first-order valence-electron chi connectivity index (χ1n) is 7.56. The zero-order chi connectivity index (χ0) is 17.4. The van der Waals surface area contributed by atoms with E-state index in [1.54, 1.807) is 17.8 Å². The van der Waals surface area contributed by atoms with Crippen LogP contribution in [0.5, 0.6) is 11.5 Å². The summed E-state index contributed by atoms with van der Waals surface area (Å²) in [6.07, 6.45) is 0. The normalized spacial score (nSPS) is 12.4. The standard InChI is InChI=1S/C17H14ClN3O3S/c1-21-12(15-4-5-16(18)25-15)7-11(20-21)17(22)19-8-10-2-3-13-14(6-10)24-9-23-13/h2-7H,8-9H2,1H3,(H,19,22). The zero-order valence-corrected chi connectivity index (χ0v) is 14.9. The number of hydrogen-bond donors (Lipinski definition) is 1. The van der Waals surface area contributed by atoms with Gasteiger partial charge in [0.05, 0.1) is 14.9 Å². The number of benzene rings is 1. The van der Waals surface area contributed by atoms with Crippen molar-refractivity contribution in [3.63, 3.8) is 0 Å². The molecule has 0 aliphatic carbocycles. The summed E-state index contributed by atoms with van der Waals surface area (Å²) < 4.78 is 13.0. The molecule has 1 amide bonds. The molecule has 8 heteroatoms. The molecule has 0 atom stereocenters. The predicted octanol–water partition coefficient (Wildman–Crippen LogP) is 3.46. The molecule has 0 fully saturated rings. The van der Waals surface area contributed by atoms with Crippen molar-refractivity contribution in [3.8, 4) is 22.1 Å². The van der Waals surface area contributed by atoms with E-state index in [9.17, 15) is 4.79 Å². The van der Waals surface area contributed by atoms with Crippen LogP contribution in [-0.2, 0) is 13.6 Å². The number of hydrogen-bond acceptors (Lipinski definition) is 5. The van der Waals surface area contributed by atoms with Gasteiger partial charge in [-0.05, 0) is 35.9 Å². The van der Waals surface area contributed by atoms with E-state index in [1.165, 1.54) is 11.3 Å². The smallest absolute Gasteiger partial charge is 0.272 e. The number of nitrogens with zero attached hydrogens (tertiary/aromatic N) is 2. The van der Waals surface area contributed by atoms with E-state index in [4.69, 9.17) is 21.1 Å². The number of nitrogens with one attached hydrogen (secondary N) is 1. The Morgan fingerprint density at radius 1 is 1.28 bits per heavy atom. The van der Waals surface area contributed by atoms with Gasteiger partial charge in [-0.15, -0.1) is 11.3 Å². The van der Waals surface area contributed by atoms with Crippen LogP contribution in [0.25, 0.3) is 10.6 Å². The van der Waals surface area contributed by atoms with Crippen LogP contribution in [0.2, 0.25) is 4.34 Å². The summed E-state index contributed by atoms with van der Waals surface area (Å²) in [4.78, 5) is 13.4. The number of rotatable bonds is 4. The lowest BCUT2D eigenvalue weighted by atomic mass is 10.2. The van der Waals surface area contributed by atoms with Crippen LogP contribution in [0, 0.1) is 0 Å². The fourth-order valence-corrected chi connectivity index (χ4v) is 3.67. The number of thiophene rings is 1. The fraction of sp³-hybridized carbons (Fsp3) is 0.176. The van der Waals surface area contributed by atoms with E-state index in [0.29, 0.717) is 22.3 Å². The summed E-state index contributed by atoms with van der Waals surface area (Å²) in [7, 11) is 1.80. The van der Waals surface area contributed by atoms with Crippen molar-refractivity contribution in [3.05, 3.63) is 52.0 Å². The molecular formula is C17H14ClN3O3S. The minimum Gasteiger partial charge on any atom is -0.454 e. The van der Waals surface area contributed by atoms with Gasteiger partial charge < -0.3 is 14.8 Å². The molecule has 3 heterocycles. The molecular weight excluding hydrogens is 362 g/mol. The molecule has 1 aliphatic heterocycles. The van der Waals surface area contributed by atoms with Gasteiger partial charge in [-0.2, -0.15) is 5.10 Å². The number of aryl methyl sites for hydroxylation is 1. The van der Waals surface area contributed by atoms with Crippen molar-refractivity contribution < 1.29 is 14.3 Å². The topological polar surface area (TPSA) is 65.4 Å². The van der Waals surface area contributed by atoms with Gasteiger partial charge >= 0.3 is 0 Å². The van der Waals surface area contributed by atoms with E-state index in [-0.39, 0.29) is 12.7 Å². The van der Waals surface area contributed by atoms with Gasteiger partial charge in [-0.1, -0.05) is 17.7 Å². The minimum atomic E-state index is -0.234. The zero-order valence-electron chi connectivity index (χ0n) is 13.3. The Balaban J connectivity index is 1.46. The maximum atomic E-state index is 12.4. The Morgan fingerprint density at radius 2 is 2.12 bits per heavy atom. The van der Waals surface area contributed by atoms with Crippen LogP contribution in [0.1, 0.15) is 16.1 Å². The van der Waals surface area contributed by atoms with Crippen LogP contribution in [0.15, 0.2) is 36.4 Å². The second kappa shape index (κ2) is 6.42. The summed E-state index contributed by atoms with van der Waals surface area (Å²) in [6, 6.07) is 11.1. The number of ether oxygens (including phenoxy) is 2. The molecule has 1 aromatic carbocycles. The first-order valence-corrected chi connectivity index (χ1v) is 8.76. The third-order valence-electron chi connectivity index (χ3n) is 3.83. The lowest BCUT2D eigenvalue weighted by Gasteiger charge is -2.04. The van der Waals surface area contributed by atoms with Gasteiger partial charge in [0.25, 0.3) is 5.91 Å². The third kappa shape index (κ3) is 3.20. The van der Waals surface area contributed by atoms with Crippen molar-refractivity contribution in [1.29, 1.82) is 0 Å². The highest BCUT2D eigenvalue weighted by Crippen LogP contribution is 2.33. The molecule has 1 N–H and O–H groups in total. The van der Waals surface area contributed by atoms with E-state index in [0.717, 1.165) is 21.9 Å². The number of fused-ring (bicyclic) bond motifs is 1. The predicted molar refractivity (Wildman–Crippen MR) is 95.3 cm³/mol. The summed E-state index contributed by atoms with van der Waals surface area (Å²) in [5, 5.41) is 7.16. The quantitative estimate of drug-likeness (QED) is 0.758. The molecule has 0 bridgehead atoms. The molecule has 2 aromatic heterocycles. The number of aromatic nitrogens is 2. The molecule has 128 valence electrons. The first-order chi connectivity index (χ1) is 12.1. The van der Waals surface area contributed by atoms with Crippen molar-refractivity contribution in [2.24, 2.45) is 7.05 Å². The Hall–Kier alpha value is -2.51. The number of halogens is 1. The largest absolute Gasteiger partial charge is 0.454 e. The Bertz CT molecular complexity index is 951. The fourth-order valence-electron chi connectivity index (χ4n) is 2.58. The number of carbonyl (C=O) groups is 1. The van der Waals surface area contributed by atoms with Crippen molar-refractivity contribution in [1.82, 2.24) is 15.1 Å². The maximum Gasteiger partial charge on any atom is 0.272 e. The van der Waals surface area contributed by atoms with Crippen molar-refractivity contribution >= 4 is 28.8 Å². The highest BCUT2D eigenvalue weighted by molar-refractivity contribution is 7.19. The van der Waals surface area contributed by atoms with Crippen LogP contribution >= 0.6 is 22.9 Å². The average Bonchev–Trinajstić information content (AvgIpc) is 3.31. The maximum absolute atomic E-state index is 12.4. The number of carbonyl (C=O) groups excluding carboxylic acids is 1. The average molecular weight is 376 g/mol.